The first kappa shape index (κ1) is 15.9. The number of nitrogens with zero attached hydrogens (tertiary/aromatic N) is 1. The van der Waals surface area contributed by atoms with E-state index in [1.165, 1.54) is 0 Å². The number of hydrogen-bond acceptors (Lipinski definition) is 4. The third-order valence-corrected chi connectivity index (χ3v) is 3.40. The van der Waals surface area contributed by atoms with Gasteiger partial charge in [-0.3, -0.25) is 4.98 Å². The minimum Gasteiger partial charge on any atom is -0.492 e. The Morgan fingerprint density at radius 3 is 2.86 bits per heavy atom. The van der Waals surface area contributed by atoms with Crippen molar-refractivity contribution in [3.8, 4) is 5.75 Å². The zero-order valence-electron chi connectivity index (χ0n) is 12.4. The summed E-state index contributed by atoms with van der Waals surface area (Å²) in [5, 5.41) is 3.88. The SMILES string of the molecule is CCCNC(c1cncc(OCCC)c1)c1ccoc1Cl. The molecule has 0 aromatic carbocycles. The van der Waals surface area contributed by atoms with E-state index >= 15 is 0 Å². The van der Waals surface area contributed by atoms with E-state index in [0.29, 0.717) is 11.8 Å². The van der Waals surface area contributed by atoms with Crippen LogP contribution in [0, 0.1) is 0 Å². The average molecular weight is 309 g/mol. The van der Waals surface area contributed by atoms with E-state index in [1.807, 2.05) is 18.3 Å². The lowest BCUT2D eigenvalue weighted by atomic mass is 10.0. The summed E-state index contributed by atoms with van der Waals surface area (Å²) in [5.41, 5.74) is 1.93. The summed E-state index contributed by atoms with van der Waals surface area (Å²) in [4.78, 5) is 4.27. The molecule has 5 heteroatoms. The van der Waals surface area contributed by atoms with Crippen LogP contribution in [0.4, 0.5) is 0 Å². The summed E-state index contributed by atoms with van der Waals surface area (Å²) >= 11 is 6.13. The molecule has 0 amide bonds. The predicted molar refractivity (Wildman–Crippen MR) is 83.9 cm³/mol. The molecule has 2 rings (SSSR count). The van der Waals surface area contributed by atoms with Crippen LogP contribution >= 0.6 is 11.6 Å². The molecule has 114 valence electrons. The fourth-order valence-electron chi connectivity index (χ4n) is 2.10. The van der Waals surface area contributed by atoms with Crippen molar-refractivity contribution in [2.75, 3.05) is 13.2 Å². The van der Waals surface area contributed by atoms with Gasteiger partial charge in [-0.2, -0.15) is 0 Å². The van der Waals surface area contributed by atoms with E-state index in [1.54, 1.807) is 12.5 Å². The minimum absolute atomic E-state index is 0.0473. The quantitative estimate of drug-likeness (QED) is 0.793. The number of hydrogen-bond donors (Lipinski definition) is 1. The maximum atomic E-state index is 6.13. The Kier molecular flexibility index (Phi) is 6.08. The van der Waals surface area contributed by atoms with Gasteiger partial charge in [0.05, 0.1) is 25.1 Å². The van der Waals surface area contributed by atoms with Crippen molar-refractivity contribution >= 4 is 11.6 Å². The van der Waals surface area contributed by atoms with E-state index < -0.39 is 0 Å². The van der Waals surface area contributed by atoms with Crippen LogP contribution in [0.2, 0.25) is 5.22 Å². The van der Waals surface area contributed by atoms with E-state index in [9.17, 15) is 0 Å². The summed E-state index contributed by atoms with van der Waals surface area (Å²) < 4.78 is 10.9. The lowest BCUT2D eigenvalue weighted by Crippen LogP contribution is -2.23. The topological polar surface area (TPSA) is 47.3 Å². The molecule has 0 spiro atoms. The summed E-state index contributed by atoms with van der Waals surface area (Å²) in [5.74, 6) is 0.775. The normalized spacial score (nSPS) is 12.3. The van der Waals surface area contributed by atoms with Gasteiger partial charge >= 0.3 is 0 Å². The van der Waals surface area contributed by atoms with Crippen molar-refractivity contribution in [2.24, 2.45) is 0 Å². The highest BCUT2D eigenvalue weighted by atomic mass is 35.5. The van der Waals surface area contributed by atoms with Gasteiger partial charge in [-0.05, 0) is 48.7 Å². The predicted octanol–water partition coefficient (Wildman–Crippen LogP) is 4.21. The highest BCUT2D eigenvalue weighted by Crippen LogP contribution is 2.30. The molecule has 2 heterocycles. The van der Waals surface area contributed by atoms with Gasteiger partial charge in [-0.15, -0.1) is 0 Å². The summed E-state index contributed by atoms with van der Waals surface area (Å²) in [6.45, 7) is 5.77. The van der Waals surface area contributed by atoms with Crippen molar-refractivity contribution < 1.29 is 9.15 Å². The maximum Gasteiger partial charge on any atom is 0.198 e. The van der Waals surface area contributed by atoms with Crippen LogP contribution < -0.4 is 10.1 Å². The third kappa shape index (κ3) is 4.22. The average Bonchev–Trinajstić information content (AvgIpc) is 2.92. The highest BCUT2D eigenvalue weighted by molar-refractivity contribution is 6.29. The number of aromatic nitrogens is 1. The minimum atomic E-state index is -0.0473. The van der Waals surface area contributed by atoms with E-state index in [2.05, 4.69) is 24.1 Å². The Morgan fingerprint density at radius 2 is 2.19 bits per heavy atom. The van der Waals surface area contributed by atoms with Crippen LogP contribution in [-0.4, -0.2) is 18.1 Å². The molecule has 0 aliphatic heterocycles. The maximum absolute atomic E-state index is 6.13. The van der Waals surface area contributed by atoms with Crippen molar-refractivity contribution in [1.29, 1.82) is 0 Å². The van der Waals surface area contributed by atoms with Crippen LogP contribution in [-0.2, 0) is 0 Å². The molecule has 1 unspecified atom stereocenters. The van der Waals surface area contributed by atoms with Crippen LogP contribution in [0.25, 0.3) is 0 Å². The van der Waals surface area contributed by atoms with Gasteiger partial charge < -0.3 is 14.5 Å². The van der Waals surface area contributed by atoms with Crippen molar-refractivity contribution in [3.05, 3.63) is 47.1 Å². The van der Waals surface area contributed by atoms with Gasteiger partial charge in [-0.1, -0.05) is 13.8 Å². The third-order valence-electron chi connectivity index (χ3n) is 3.10. The summed E-state index contributed by atoms with van der Waals surface area (Å²) in [6, 6.07) is 3.84. The number of rotatable bonds is 8. The molecule has 0 saturated carbocycles. The molecule has 2 aromatic heterocycles. The molecular formula is C16H21ClN2O2. The lowest BCUT2D eigenvalue weighted by Gasteiger charge is -2.18. The zero-order chi connectivity index (χ0) is 15.1. The Morgan fingerprint density at radius 1 is 1.33 bits per heavy atom. The summed E-state index contributed by atoms with van der Waals surface area (Å²) in [7, 11) is 0. The Balaban J connectivity index is 2.26. The highest BCUT2D eigenvalue weighted by Gasteiger charge is 2.19. The second kappa shape index (κ2) is 8.05. The molecule has 0 aliphatic rings. The number of furan rings is 1. The second-order valence-corrected chi connectivity index (χ2v) is 5.18. The van der Waals surface area contributed by atoms with Crippen LogP contribution in [0.15, 0.2) is 35.2 Å². The molecule has 0 saturated heterocycles. The lowest BCUT2D eigenvalue weighted by molar-refractivity contribution is 0.315. The zero-order valence-corrected chi connectivity index (χ0v) is 13.2. The van der Waals surface area contributed by atoms with Gasteiger partial charge in [0.25, 0.3) is 0 Å². The van der Waals surface area contributed by atoms with Crippen molar-refractivity contribution in [1.82, 2.24) is 10.3 Å². The summed E-state index contributed by atoms with van der Waals surface area (Å²) in [6.07, 6.45) is 7.16. The van der Waals surface area contributed by atoms with E-state index in [0.717, 1.165) is 36.3 Å². The molecule has 1 N–H and O–H groups in total. The first-order chi connectivity index (χ1) is 10.3. The van der Waals surface area contributed by atoms with Gasteiger partial charge in [-0.25, -0.2) is 0 Å². The smallest absolute Gasteiger partial charge is 0.198 e. The second-order valence-electron chi connectivity index (χ2n) is 4.84. The first-order valence-corrected chi connectivity index (χ1v) is 7.68. The fourth-order valence-corrected chi connectivity index (χ4v) is 2.32. The Bertz CT molecular complexity index is 557. The van der Waals surface area contributed by atoms with Crippen LogP contribution in [0.3, 0.4) is 0 Å². The van der Waals surface area contributed by atoms with E-state index in [4.69, 9.17) is 20.8 Å². The fraction of sp³-hybridized carbons (Fsp3) is 0.438. The van der Waals surface area contributed by atoms with Crippen molar-refractivity contribution in [2.45, 2.75) is 32.7 Å². The van der Waals surface area contributed by atoms with Crippen molar-refractivity contribution in [3.63, 3.8) is 0 Å². The molecule has 0 radical (unpaired) electrons. The van der Waals surface area contributed by atoms with Gasteiger partial charge in [0.2, 0.25) is 0 Å². The largest absolute Gasteiger partial charge is 0.492 e. The molecule has 2 aromatic rings. The molecule has 21 heavy (non-hydrogen) atoms. The van der Waals surface area contributed by atoms with Crippen LogP contribution in [0.1, 0.15) is 43.9 Å². The molecule has 1 atom stereocenters. The first-order valence-electron chi connectivity index (χ1n) is 7.30. The monoisotopic (exact) mass is 308 g/mol. The van der Waals surface area contributed by atoms with E-state index in [-0.39, 0.29) is 6.04 Å². The number of nitrogens with one attached hydrogen (secondary N) is 1. The van der Waals surface area contributed by atoms with Gasteiger partial charge in [0.1, 0.15) is 5.75 Å². The molecule has 0 fully saturated rings. The number of halogens is 1. The van der Waals surface area contributed by atoms with Crippen LogP contribution in [0.5, 0.6) is 5.75 Å². The number of pyridine rings is 1. The molecule has 0 aliphatic carbocycles. The number of ether oxygens (including phenoxy) is 1. The standard InChI is InChI=1S/C16H21ClN2O2/c1-3-6-19-15(14-5-8-21-16(14)17)12-9-13(11-18-10-12)20-7-4-2/h5,8-11,15,19H,3-4,6-7H2,1-2H3. The Hall–Kier alpha value is -1.52. The molecule has 0 bridgehead atoms. The van der Waals surface area contributed by atoms with Gasteiger partial charge in [0, 0.05) is 11.8 Å². The molecule has 4 nitrogen and oxygen atoms in total. The van der Waals surface area contributed by atoms with Gasteiger partial charge in [0.15, 0.2) is 5.22 Å². The molecular weight excluding hydrogens is 288 g/mol. The Labute approximate surface area is 130 Å².